The molecule has 0 aliphatic carbocycles. The van der Waals surface area contributed by atoms with E-state index in [1.54, 1.807) is 0 Å². The van der Waals surface area contributed by atoms with E-state index in [4.69, 9.17) is 9.15 Å². The van der Waals surface area contributed by atoms with Crippen LogP contribution in [0.2, 0.25) is 0 Å². The van der Waals surface area contributed by atoms with E-state index >= 15 is 0 Å². The normalized spacial score (nSPS) is 12.0. The van der Waals surface area contributed by atoms with Gasteiger partial charge in [-0.3, -0.25) is 0 Å². The van der Waals surface area contributed by atoms with Gasteiger partial charge in [-0.2, -0.15) is 0 Å². The zero-order valence-corrected chi connectivity index (χ0v) is 28.0. The highest BCUT2D eigenvalue weighted by Crippen LogP contribution is 2.48. The number of para-hydroxylation sites is 4. The Morgan fingerprint density at radius 3 is 1.90 bits per heavy atom. The number of anilines is 3. The quantitative estimate of drug-likeness (QED) is 0.183. The smallest absolute Gasteiger partial charge is 0.152 e. The van der Waals surface area contributed by atoms with Gasteiger partial charge in [-0.05, 0) is 89.0 Å². The van der Waals surface area contributed by atoms with E-state index < -0.39 is 0 Å². The molecule has 11 rings (SSSR count). The summed E-state index contributed by atoms with van der Waals surface area (Å²) in [6, 6.07) is 64.2. The molecule has 10 aromatic rings. The van der Waals surface area contributed by atoms with Crippen molar-refractivity contribution < 1.29 is 9.15 Å². The van der Waals surface area contributed by atoms with Crippen molar-refractivity contribution in [3.63, 3.8) is 0 Å². The molecule has 0 bridgehead atoms. The molecule has 3 heterocycles. The second-order valence-electron chi connectivity index (χ2n) is 13.3. The number of nitrogens with zero attached hydrogens (tertiary/aromatic N) is 2. The van der Waals surface area contributed by atoms with Crippen LogP contribution in [0.4, 0.5) is 17.1 Å². The Bertz CT molecular complexity index is 2970. The molecule has 0 spiro atoms. The van der Waals surface area contributed by atoms with Crippen molar-refractivity contribution in [1.29, 1.82) is 0 Å². The van der Waals surface area contributed by atoms with Crippen LogP contribution in [0.1, 0.15) is 0 Å². The van der Waals surface area contributed by atoms with Crippen molar-refractivity contribution >= 4 is 60.8 Å². The average Bonchev–Trinajstić information content (AvgIpc) is 3.77. The molecule has 0 radical (unpaired) electrons. The van der Waals surface area contributed by atoms with Crippen LogP contribution in [0.25, 0.3) is 71.7 Å². The van der Waals surface area contributed by atoms with Crippen molar-refractivity contribution in [2.75, 3.05) is 4.90 Å². The molecule has 0 atom stereocenters. The van der Waals surface area contributed by atoms with Crippen LogP contribution >= 0.6 is 0 Å². The molecule has 244 valence electrons. The zero-order valence-electron chi connectivity index (χ0n) is 28.0. The SMILES string of the molecule is c1ccc(-c2ccc(N(c3ccc(-c4cccc5c4c4cccc6c4n5-c4ccccc4O6)cc3)c3cccc4oc5ccccc5c34)cc2)cc1. The van der Waals surface area contributed by atoms with Crippen LogP contribution in [0.15, 0.2) is 186 Å². The number of furan rings is 1. The second kappa shape index (κ2) is 11.2. The third-order valence-corrected chi connectivity index (χ3v) is 10.4. The molecule has 1 aliphatic heterocycles. The molecule has 0 saturated carbocycles. The summed E-state index contributed by atoms with van der Waals surface area (Å²) in [5.41, 5.74) is 13.0. The minimum atomic E-state index is 0.867. The van der Waals surface area contributed by atoms with E-state index in [1.165, 1.54) is 33.0 Å². The van der Waals surface area contributed by atoms with Gasteiger partial charge in [0.15, 0.2) is 11.5 Å². The first-order valence-corrected chi connectivity index (χ1v) is 17.6. The number of hydrogen-bond acceptors (Lipinski definition) is 3. The van der Waals surface area contributed by atoms with Crippen molar-refractivity contribution in [1.82, 2.24) is 4.57 Å². The number of aromatic nitrogens is 1. The number of rotatable bonds is 5. The van der Waals surface area contributed by atoms with Crippen LogP contribution in [0.3, 0.4) is 0 Å². The van der Waals surface area contributed by atoms with Gasteiger partial charge >= 0.3 is 0 Å². The Balaban J connectivity index is 1.09. The third kappa shape index (κ3) is 4.28. The van der Waals surface area contributed by atoms with Gasteiger partial charge in [0, 0.05) is 27.5 Å². The summed E-state index contributed by atoms with van der Waals surface area (Å²) in [6.45, 7) is 0. The fourth-order valence-corrected chi connectivity index (χ4v) is 8.10. The minimum absolute atomic E-state index is 0.867. The maximum atomic E-state index is 6.40. The van der Waals surface area contributed by atoms with Crippen LogP contribution in [-0.4, -0.2) is 4.57 Å². The van der Waals surface area contributed by atoms with Gasteiger partial charge in [0.05, 0.1) is 27.8 Å². The summed E-state index contributed by atoms with van der Waals surface area (Å²) in [4.78, 5) is 2.35. The van der Waals surface area contributed by atoms with Crippen LogP contribution < -0.4 is 9.64 Å². The van der Waals surface area contributed by atoms with Gasteiger partial charge in [-0.25, -0.2) is 0 Å². The lowest BCUT2D eigenvalue weighted by atomic mass is 9.98. The lowest BCUT2D eigenvalue weighted by molar-refractivity contribution is 0.476. The van der Waals surface area contributed by atoms with Crippen LogP contribution in [0, 0.1) is 0 Å². The predicted molar refractivity (Wildman–Crippen MR) is 214 cm³/mol. The molecule has 4 nitrogen and oxygen atoms in total. The number of fused-ring (bicyclic) bond motifs is 8. The molecule has 0 N–H and O–H groups in total. The van der Waals surface area contributed by atoms with Crippen molar-refractivity contribution in [2.24, 2.45) is 0 Å². The van der Waals surface area contributed by atoms with E-state index in [0.29, 0.717) is 0 Å². The Hall–Kier alpha value is -7.04. The average molecular weight is 667 g/mol. The molecule has 0 fully saturated rings. The molecule has 0 unspecified atom stereocenters. The van der Waals surface area contributed by atoms with E-state index in [0.717, 1.165) is 67.3 Å². The first kappa shape index (κ1) is 28.8. The summed E-state index contributed by atoms with van der Waals surface area (Å²) < 4.78 is 15.1. The summed E-state index contributed by atoms with van der Waals surface area (Å²) >= 11 is 0. The van der Waals surface area contributed by atoms with Gasteiger partial charge in [-0.1, -0.05) is 115 Å². The lowest BCUT2D eigenvalue weighted by Gasteiger charge is -2.26. The van der Waals surface area contributed by atoms with E-state index in [1.807, 2.05) is 24.3 Å². The Kier molecular flexibility index (Phi) is 6.22. The first-order valence-electron chi connectivity index (χ1n) is 17.6. The molecule has 4 heteroatoms. The van der Waals surface area contributed by atoms with Crippen LogP contribution in [-0.2, 0) is 0 Å². The summed E-state index contributed by atoms with van der Waals surface area (Å²) in [5, 5.41) is 4.59. The summed E-state index contributed by atoms with van der Waals surface area (Å²) in [7, 11) is 0. The highest BCUT2D eigenvalue weighted by molar-refractivity contribution is 6.18. The predicted octanol–water partition coefficient (Wildman–Crippen LogP) is 13.6. The van der Waals surface area contributed by atoms with E-state index in [-0.39, 0.29) is 0 Å². The Morgan fingerprint density at radius 1 is 0.423 bits per heavy atom. The minimum Gasteiger partial charge on any atom is -0.456 e. The largest absolute Gasteiger partial charge is 0.456 e. The fourth-order valence-electron chi connectivity index (χ4n) is 8.10. The molecule has 0 amide bonds. The number of benzene rings is 8. The maximum Gasteiger partial charge on any atom is 0.152 e. The number of ether oxygens (including phenoxy) is 1. The molecule has 2 aromatic heterocycles. The van der Waals surface area contributed by atoms with Gasteiger partial charge in [0.2, 0.25) is 0 Å². The van der Waals surface area contributed by atoms with E-state index in [2.05, 4.69) is 167 Å². The van der Waals surface area contributed by atoms with Crippen molar-refractivity contribution in [3.8, 4) is 39.4 Å². The fraction of sp³-hybridized carbons (Fsp3) is 0. The number of hydrogen-bond donors (Lipinski definition) is 0. The highest BCUT2D eigenvalue weighted by atomic mass is 16.5. The first-order chi connectivity index (χ1) is 25.8. The monoisotopic (exact) mass is 666 g/mol. The Morgan fingerprint density at radius 2 is 1.06 bits per heavy atom. The molecular weight excluding hydrogens is 637 g/mol. The van der Waals surface area contributed by atoms with Gasteiger partial charge in [0.1, 0.15) is 11.2 Å². The molecule has 0 saturated heterocycles. The van der Waals surface area contributed by atoms with Crippen molar-refractivity contribution in [3.05, 3.63) is 182 Å². The topological polar surface area (TPSA) is 30.5 Å². The standard InChI is InChI=1S/C48H30N2O2/c1-2-11-31(12-3-1)32-23-27-34(28-24-32)49(41-18-10-21-44-47(41)37-13-4-6-19-42(37)51-44)35-29-25-33(26-30-35)36-14-8-17-40-46(36)38-15-9-22-45-48(38)50(40)39-16-5-7-20-43(39)52-45/h1-30H. The molecule has 52 heavy (non-hydrogen) atoms. The molecule has 8 aromatic carbocycles. The maximum absolute atomic E-state index is 6.40. The lowest BCUT2D eigenvalue weighted by Crippen LogP contribution is -2.10. The van der Waals surface area contributed by atoms with Gasteiger partial charge < -0.3 is 18.6 Å². The van der Waals surface area contributed by atoms with Gasteiger partial charge in [0.25, 0.3) is 0 Å². The molecule has 1 aliphatic rings. The summed E-state index contributed by atoms with van der Waals surface area (Å²) in [5.74, 6) is 1.75. The summed E-state index contributed by atoms with van der Waals surface area (Å²) in [6.07, 6.45) is 0. The van der Waals surface area contributed by atoms with Crippen molar-refractivity contribution in [2.45, 2.75) is 0 Å². The Labute approximate surface area is 300 Å². The second-order valence-corrected chi connectivity index (χ2v) is 13.3. The third-order valence-electron chi connectivity index (χ3n) is 10.4. The highest BCUT2D eigenvalue weighted by Gasteiger charge is 2.25. The van der Waals surface area contributed by atoms with Gasteiger partial charge in [-0.15, -0.1) is 0 Å². The van der Waals surface area contributed by atoms with E-state index in [9.17, 15) is 0 Å². The zero-order chi connectivity index (χ0) is 34.2. The van der Waals surface area contributed by atoms with Crippen LogP contribution in [0.5, 0.6) is 11.5 Å². The molecular formula is C48H30N2O2.